The van der Waals surface area contributed by atoms with Crippen molar-refractivity contribution in [3.05, 3.63) is 53.9 Å². The zero-order valence-electron chi connectivity index (χ0n) is 12.9. The molecule has 1 amide bonds. The van der Waals surface area contributed by atoms with Crippen molar-refractivity contribution in [1.29, 1.82) is 0 Å². The number of H-pyrrole nitrogens is 1. The molecular weight excluding hydrogens is 312 g/mol. The molecule has 0 saturated carbocycles. The molecule has 2 aromatic rings. The largest absolute Gasteiger partial charge is 0.486 e. The summed E-state index contributed by atoms with van der Waals surface area (Å²) in [5.74, 6) is -0.644. The normalized spacial score (nSPS) is 20.3. The van der Waals surface area contributed by atoms with Crippen LogP contribution in [0.5, 0.6) is 5.75 Å². The van der Waals surface area contributed by atoms with Crippen LogP contribution in [0.2, 0.25) is 0 Å². The molecular formula is C17H18N2O5. The quantitative estimate of drug-likeness (QED) is 0.774. The maximum atomic E-state index is 12.2. The lowest BCUT2D eigenvalue weighted by atomic mass is 10.1. The average Bonchev–Trinajstić information content (AvgIpc) is 3.12. The van der Waals surface area contributed by atoms with E-state index in [9.17, 15) is 9.59 Å². The summed E-state index contributed by atoms with van der Waals surface area (Å²) in [6.45, 7) is 0.907. The third kappa shape index (κ3) is 3.75. The van der Waals surface area contributed by atoms with Gasteiger partial charge in [-0.25, -0.2) is 4.79 Å². The first kappa shape index (κ1) is 16.1. The van der Waals surface area contributed by atoms with E-state index in [4.69, 9.17) is 14.6 Å². The fraction of sp³-hybridized carbons (Fsp3) is 0.294. The van der Waals surface area contributed by atoms with Crippen molar-refractivity contribution in [3.63, 3.8) is 0 Å². The van der Waals surface area contributed by atoms with Crippen molar-refractivity contribution < 1.29 is 24.2 Å². The fourth-order valence-electron chi connectivity index (χ4n) is 2.56. The molecule has 7 nitrogen and oxygen atoms in total. The highest BCUT2D eigenvalue weighted by molar-refractivity contribution is 5.92. The van der Waals surface area contributed by atoms with Gasteiger partial charge in [-0.1, -0.05) is 0 Å². The minimum atomic E-state index is -0.987. The number of aromatic nitrogens is 1. The average molecular weight is 330 g/mol. The number of benzene rings is 1. The van der Waals surface area contributed by atoms with Gasteiger partial charge in [-0.3, -0.25) is 4.79 Å². The van der Waals surface area contributed by atoms with Gasteiger partial charge in [0.2, 0.25) is 0 Å². The maximum Gasteiger partial charge on any atom is 0.335 e. The lowest BCUT2D eigenvalue weighted by Gasteiger charge is -2.32. The Morgan fingerprint density at radius 2 is 2.04 bits per heavy atom. The van der Waals surface area contributed by atoms with E-state index in [2.05, 4.69) is 10.3 Å². The third-order valence-electron chi connectivity index (χ3n) is 3.85. The summed E-state index contributed by atoms with van der Waals surface area (Å²) in [5, 5.41) is 11.9. The van der Waals surface area contributed by atoms with Crippen LogP contribution in [0.4, 0.5) is 0 Å². The Balaban J connectivity index is 1.65. The van der Waals surface area contributed by atoms with E-state index >= 15 is 0 Å². The van der Waals surface area contributed by atoms with Gasteiger partial charge in [-0.15, -0.1) is 0 Å². The molecule has 7 heteroatoms. The Morgan fingerprint density at radius 1 is 1.25 bits per heavy atom. The maximum absolute atomic E-state index is 12.2. The number of hydrogen-bond donors (Lipinski definition) is 3. The molecule has 1 saturated heterocycles. The van der Waals surface area contributed by atoms with Crippen LogP contribution in [0.25, 0.3) is 0 Å². The minimum Gasteiger partial charge on any atom is -0.486 e. The zero-order chi connectivity index (χ0) is 16.9. The SMILES string of the molecule is O=C(O)c1ccc(O[C@@H]2COCC[C@H]2NC(=O)c2ccc[nH]2)cc1. The summed E-state index contributed by atoms with van der Waals surface area (Å²) < 4.78 is 11.3. The van der Waals surface area contributed by atoms with E-state index in [-0.39, 0.29) is 23.6 Å². The van der Waals surface area contributed by atoms with Crippen molar-refractivity contribution in [2.75, 3.05) is 13.2 Å². The summed E-state index contributed by atoms with van der Waals surface area (Å²) in [6, 6.07) is 9.44. The Labute approximate surface area is 138 Å². The predicted molar refractivity (Wildman–Crippen MR) is 85.3 cm³/mol. The molecule has 3 N–H and O–H groups in total. The van der Waals surface area contributed by atoms with E-state index in [0.29, 0.717) is 31.1 Å². The molecule has 2 heterocycles. The molecule has 1 aliphatic rings. The second-order valence-corrected chi connectivity index (χ2v) is 5.51. The number of amides is 1. The molecule has 0 unspecified atom stereocenters. The lowest BCUT2D eigenvalue weighted by molar-refractivity contribution is -0.0135. The van der Waals surface area contributed by atoms with Crippen LogP contribution in [0.1, 0.15) is 27.3 Å². The van der Waals surface area contributed by atoms with Crippen molar-refractivity contribution in [1.82, 2.24) is 10.3 Å². The van der Waals surface area contributed by atoms with E-state index in [1.165, 1.54) is 12.1 Å². The van der Waals surface area contributed by atoms with Gasteiger partial charge in [0.1, 0.15) is 17.5 Å². The Bertz CT molecular complexity index is 696. The van der Waals surface area contributed by atoms with Gasteiger partial charge in [-0.2, -0.15) is 0 Å². The number of aromatic carboxylic acids is 1. The van der Waals surface area contributed by atoms with Gasteiger partial charge in [0.05, 0.1) is 18.2 Å². The molecule has 0 aliphatic carbocycles. The number of hydrogen-bond acceptors (Lipinski definition) is 4. The van der Waals surface area contributed by atoms with E-state index < -0.39 is 5.97 Å². The van der Waals surface area contributed by atoms with Crippen LogP contribution in [0, 0.1) is 0 Å². The van der Waals surface area contributed by atoms with Crippen molar-refractivity contribution in [2.45, 2.75) is 18.6 Å². The Hall–Kier alpha value is -2.80. The molecule has 1 aromatic heterocycles. The molecule has 0 spiro atoms. The summed E-state index contributed by atoms with van der Waals surface area (Å²) in [5.41, 5.74) is 0.685. The van der Waals surface area contributed by atoms with E-state index in [1.807, 2.05) is 0 Å². The van der Waals surface area contributed by atoms with Crippen LogP contribution in [-0.2, 0) is 4.74 Å². The van der Waals surface area contributed by atoms with Gasteiger partial charge in [0.15, 0.2) is 0 Å². The topological polar surface area (TPSA) is 101 Å². The molecule has 1 fully saturated rings. The molecule has 2 atom stereocenters. The Morgan fingerprint density at radius 3 is 2.71 bits per heavy atom. The Kier molecular flexibility index (Phi) is 4.81. The number of carbonyl (C=O) groups excluding carboxylic acids is 1. The second kappa shape index (κ2) is 7.18. The van der Waals surface area contributed by atoms with Crippen LogP contribution in [0.15, 0.2) is 42.6 Å². The highest BCUT2D eigenvalue weighted by atomic mass is 16.5. The number of ether oxygens (including phenoxy) is 2. The first-order valence-corrected chi connectivity index (χ1v) is 7.65. The van der Waals surface area contributed by atoms with E-state index in [0.717, 1.165) is 0 Å². The first-order valence-electron chi connectivity index (χ1n) is 7.65. The van der Waals surface area contributed by atoms with Gasteiger partial charge in [0.25, 0.3) is 5.91 Å². The number of nitrogens with one attached hydrogen (secondary N) is 2. The molecule has 0 bridgehead atoms. The smallest absolute Gasteiger partial charge is 0.335 e. The predicted octanol–water partition coefficient (Wildman–Crippen LogP) is 1.68. The second-order valence-electron chi connectivity index (χ2n) is 5.51. The monoisotopic (exact) mass is 330 g/mol. The summed E-state index contributed by atoms with van der Waals surface area (Å²) in [4.78, 5) is 25.9. The van der Waals surface area contributed by atoms with Gasteiger partial charge in [0, 0.05) is 12.8 Å². The molecule has 24 heavy (non-hydrogen) atoms. The fourth-order valence-corrected chi connectivity index (χ4v) is 2.56. The van der Waals surface area contributed by atoms with Crippen molar-refractivity contribution in [3.8, 4) is 5.75 Å². The molecule has 0 radical (unpaired) electrons. The van der Waals surface area contributed by atoms with Crippen molar-refractivity contribution >= 4 is 11.9 Å². The molecule has 3 rings (SSSR count). The standard InChI is InChI=1S/C17H18N2O5/c20-16(14-2-1-8-18-14)19-13-7-9-23-10-15(13)24-12-5-3-11(4-6-12)17(21)22/h1-6,8,13,15,18H,7,9-10H2,(H,19,20)(H,21,22)/t13-,15-/m1/s1. The van der Waals surface area contributed by atoms with Crippen molar-refractivity contribution in [2.24, 2.45) is 0 Å². The van der Waals surface area contributed by atoms with Gasteiger partial charge < -0.3 is 24.9 Å². The lowest BCUT2D eigenvalue weighted by Crippen LogP contribution is -2.51. The van der Waals surface area contributed by atoms with Crippen LogP contribution < -0.4 is 10.1 Å². The van der Waals surface area contributed by atoms with Gasteiger partial charge in [-0.05, 0) is 42.8 Å². The number of rotatable bonds is 5. The van der Waals surface area contributed by atoms with Crippen LogP contribution in [0.3, 0.4) is 0 Å². The summed E-state index contributed by atoms with van der Waals surface area (Å²) in [6.07, 6.45) is 2.00. The summed E-state index contributed by atoms with van der Waals surface area (Å²) >= 11 is 0. The number of carboxylic acid groups (broad SMARTS) is 1. The molecule has 126 valence electrons. The molecule has 1 aromatic carbocycles. The number of carbonyl (C=O) groups is 2. The van der Waals surface area contributed by atoms with Gasteiger partial charge >= 0.3 is 5.97 Å². The number of aromatic amines is 1. The molecule has 1 aliphatic heterocycles. The third-order valence-corrected chi connectivity index (χ3v) is 3.85. The minimum absolute atomic E-state index is 0.186. The summed E-state index contributed by atoms with van der Waals surface area (Å²) in [7, 11) is 0. The zero-order valence-corrected chi connectivity index (χ0v) is 12.9. The van der Waals surface area contributed by atoms with Crippen LogP contribution in [-0.4, -0.2) is 47.3 Å². The first-order chi connectivity index (χ1) is 11.6. The number of carboxylic acids is 1. The highest BCUT2D eigenvalue weighted by Crippen LogP contribution is 2.19. The van der Waals surface area contributed by atoms with E-state index in [1.54, 1.807) is 30.5 Å². The highest BCUT2D eigenvalue weighted by Gasteiger charge is 2.29. The van der Waals surface area contributed by atoms with Crippen LogP contribution >= 0.6 is 0 Å².